The van der Waals surface area contributed by atoms with Gasteiger partial charge in [-0.3, -0.25) is 4.90 Å². The molecule has 2 aliphatic rings. The second-order valence-corrected chi connectivity index (χ2v) is 12.3. The number of carboxylic acid groups (broad SMARTS) is 1. The summed E-state index contributed by atoms with van der Waals surface area (Å²) >= 11 is 12.5. The summed E-state index contributed by atoms with van der Waals surface area (Å²) in [6, 6.07) is 26.6. The fraction of sp³-hybridized carbons (Fsp3) is 0.294. The van der Waals surface area contributed by atoms with Crippen molar-refractivity contribution in [1.82, 2.24) is 14.5 Å². The Kier molecular flexibility index (Phi) is 7.30. The molecule has 1 saturated carbocycles. The van der Waals surface area contributed by atoms with Crippen molar-refractivity contribution >= 4 is 40.2 Å². The number of rotatable bonds is 8. The Balaban J connectivity index is 1.21. The number of halogens is 2. The third-order valence-electron chi connectivity index (χ3n) is 8.60. The molecule has 3 heterocycles. The first-order chi connectivity index (χ1) is 20.4. The maximum absolute atomic E-state index is 11.2. The number of fused-ring (bicyclic) bond motifs is 1. The molecular weight excluding hydrogens is 569 g/mol. The van der Waals surface area contributed by atoms with Crippen molar-refractivity contribution in [2.75, 3.05) is 13.1 Å². The molecule has 0 bridgehead atoms. The second kappa shape index (κ2) is 11.3. The van der Waals surface area contributed by atoms with Gasteiger partial charge in [0.15, 0.2) is 0 Å². The minimum atomic E-state index is -1.03. The molecule has 0 amide bonds. The highest BCUT2D eigenvalue weighted by molar-refractivity contribution is 6.30. The number of hydrogen-bond acceptors (Lipinski definition) is 4. The molecule has 6 nitrogen and oxygen atoms in total. The SMILES string of the molecule is O=C(O)c1ccc(CN2CCC(n3c(C4CC4)nc4ccc(C(c5ccc(Cl)cc5)c5ccc(Cl)cc5)cc43)CC2)o1. The van der Waals surface area contributed by atoms with Crippen LogP contribution in [0.15, 0.2) is 83.3 Å². The molecule has 5 aromatic rings. The number of aromatic nitrogens is 2. The van der Waals surface area contributed by atoms with Crippen LogP contribution in [-0.4, -0.2) is 38.6 Å². The molecule has 0 radical (unpaired) electrons. The van der Waals surface area contributed by atoms with E-state index in [9.17, 15) is 9.90 Å². The smallest absolute Gasteiger partial charge is 0.371 e. The Labute approximate surface area is 254 Å². The Morgan fingerprint density at radius 3 is 2.05 bits per heavy atom. The van der Waals surface area contributed by atoms with Crippen LogP contribution in [0.2, 0.25) is 10.0 Å². The number of imidazole rings is 1. The van der Waals surface area contributed by atoms with Crippen LogP contribution in [0.1, 0.15) is 82.4 Å². The molecule has 0 atom stereocenters. The quantitative estimate of drug-likeness (QED) is 0.181. The van der Waals surface area contributed by atoms with Crippen molar-refractivity contribution in [3.63, 3.8) is 0 Å². The standard InChI is InChI=1S/C34H31Cl2N3O3/c35-25-8-3-21(4-9-25)32(22-5-10-26(36)11-6-22)24-7-13-29-30(19-24)39(33(37-29)23-1-2-23)27-15-17-38(18-16-27)20-28-12-14-31(42-28)34(40)41/h3-14,19,23,27,32H,1-2,15-18,20H2,(H,40,41). The molecule has 42 heavy (non-hydrogen) atoms. The lowest BCUT2D eigenvalue weighted by molar-refractivity contribution is 0.0657. The summed E-state index contributed by atoms with van der Waals surface area (Å²) < 4.78 is 8.05. The van der Waals surface area contributed by atoms with Gasteiger partial charge in [0.25, 0.3) is 0 Å². The van der Waals surface area contributed by atoms with Gasteiger partial charge in [-0.05, 0) is 90.9 Å². The highest BCUT2D eigenvalue weighted by atomic mass is 35.5. The Morgan fingerprint density at radius 2 is 1.48 bits per heavy atom. The van der Waals surface area contributed by atoms with Crippen molar-refractivity contribution in [2.24, 2.45) is 0 Å². The van der Waals surface area contributed by atoms with Crippen molar-refractivity contribution in [2.45, 2.75) is 50.1 Å². The number of carbonyl (C=O) groups is 1. The van der Waals surface area contributed by atoms with Gasteiger partial charge in [-0.2, -0.15) is 0 Å². The van der Waals surface area contributed by atoms with Gasteiger partial charge in [0.05, 0.1) is 17.6 Å². The number of benzene rings is 3. The first-order valence-corrected chi connectivity index (χ1v) is 15.3. The Hall–Kier alpha value is -3.58. The van der Waals surface area contributed by atoms with Crippen LogP contribution >= 0.6 is 23.2 Å². The summed E-state index contributed by atoms with van der Waals surface area (Å²) in [5.41, 5.74) is 5.79. The monoisotopic (exact) mass is 599 g/mol. The van der Waals surface area contributed by atoms with Gasteiger partial charge in [0.1, 0.15) is 11.6 Å². The van der Waals surface area contributed by atoms with Crippen molar-refractivity contribution in [3.05, 3.63) is 123 Å². The number of aromatic carboxylic acids is 1. The number of piperidine rings is 1. The lowest BCUT2D eigenvalue weighted by atomic mass is 9.85. The van der Waals surface area contributed by atoms with Crippen LogP contribution < -0.4 is 0 Å². The molecule has 1 N–H and O–H groups in total. The molecule has 1 saturated heterocycles. The van der Waals surface area contributed by atoms with Gasteiger partial charge in [0, 0.05) is 41.0 Å². The predicted octanol–water partition coefficient (Wildman–Crippen LogP) is 8.53. The zero-order valence-corrected chi connectivity index (χ0v) is 24.6. The molecule has 214 valence electrons. The van der Waals surface area contributed by atoms with E-state index in [2.05, 4.69) is 51.9 Å². The average molecular weight is 601 g/mol. The van der Waals surface area contributed by atoms with E-state index in [0.717, 1.165) is 41.5 Å². The molecule has 2 fully saturated rings. The summed E-state index contributed by atoms with van der Waals surface area (Å²) in [6.07, 6.45) is 4.38. The number of furan rings is 1. The maximum atomic E-state index is 11.2. The van der Waals surface area contributed by atoms with E-state index in [4.69, 9.17) is 32.6 Å². The Bertz CT molecular complexity index is 1690. The maximum Gasteiger partial charge on any atom is 0.371 e. The first-order valence-electron chi connectivity index (χ1n) is 14.5. The van der Waals surface area contributed by atoms with Gasteiger partial charge in [0.2, 0.25) is 5.76 Å². The van der Waals surface area contributed by atoms with Gasteiger partial charge < -0.3 is 14.1 Å². The largest absolute Gasteiger partial charge is 0.475 e. The van der Waals surface area contributed by atoms with Crippen LogP contribution in [0.4, 0.5) is 0 Å². The number of hydrogen-bond donors (Lipinski definition) is 1. The third kappa shape index (κ3) is 5.47. The average Bonchev–Trinajstić information content (AvgIpc) is 3.61. The van der Waals surface area contributed by atoms with Crippen LogP contribution in [-0.2, 0) is 6.54 Å². The Morgan fingerprint density at radius 1 is 0.857 bits per heavy atom. The van der Waals surface area contributed by atoms with E-state index in [1.807, 2.05) is 24.3 Å². The normalized spacial score (nSPS) is 16.5. The molecule has 7 rings (SSSR count). The second-order valence-electron chi connectivity index (χ2n) is 11.5. The van der Waals surface area contributed by atoms with Gasteiger partial charge >= 0.3 is 5.97 Å². The van der Waals surface area contributed by atoms with Crippen LogP contribution in [0.25, 0.3) is 11.0 Å². The third-order valence-corrected chi connectivity index (χ3v) is 9.10. The predicted molar refractivity (Wildman–Crippen MR) is 165 cm³/mol. The summed E-state index contributed by atoms with van der Waals surface area (Å²) in [5.74, 6) is 1.42. The number of carboxylic acids is 1. The van der Waals surface area contributed by atoms with E-state index < -0.39 is 5.97 Å². The van der Waals surface area contributed by atoms with Crippen LogP contribution in [0.5, 0.6) is 0 Å². The topological polar surface area (TPSA) is 71.5 Å². The van der Waals surface area contributed by atoms with Crippen molar-refractivity contribution in [3.8, 4) is 0 Å². The molecule has 0 unspecified atom stereocenters. The van der Waals surface area contributed by atoms with Gasteiger partial charge in [-0.15, -0.1) is 0 Å². The number of nitrogens with zero attached hydrogens (tertiary/aromatic N) is 3. The summed E-state index contributed by atoms with van der Waals surface area (Å²) in [7, 11) is 0. The molecule has 8 heteroatoms. The summed E-state index contributed by atoms with van der Waals surface area (Å²) in [4.78, 5) is 18.7. The summed E-state index contributed by atoms with van der Waals surface area (Å²) in [6.45, 7) is 2.44. The zero-order valence-electron chi connectivity index (χ0n) is 23.0. The van der Waals surface area contributed by atoms with E-state index in [0.29, 0.717) is 24.3 Å². The highest BCUT2D eigenvalue weighted by Gasteiger charge is 2.33. The number of likely N-dealkylation sites (tertiary alicyclic amines) is 1. The van der Waals surface area contributed by atoms with Crippen LogP contribution in [0.3, 0.4) is 0 Å². The van der Waals surface area contributed by atoms with Gasteiger partial charge in [-0.25, -0.2) is 9.78 Å². The molecule has 1 aliphatic heterocycles. The van der Waals surface area contributed by atoms with Crippen LogP contribution in [0, 0.1) is 0 Å². The van der Waals surface area contributed by atoms with Gasteiger partial charge in [-0.1, -0.05) is 53.5 Å². The fourth-order valence-electron chi connectivity index (χ4n) is 6.34. The molecule has 1 aliphatic carbocycles. The van der Waals surface area contributed by atoms with E-state index in [-0.39, 0.29) is 11.7 Å². The van der Waals surface area contributed by atoms with Crippen molar-refractivity contribution in [1.29, 1.82) is 0 Å². The van der Waals surface area contributed by atoms with E-state index in [1.54, 1.807) is 6.07 Å². The minimum absolute atomic E-state index is 0.00912. The molecular formula is C34H31Cl2N3O3. The van der Waals surface area contributed by atoms with E-state index >= 15 is 0 Å². The summed E-state index contributed by atoms with van der Waals surface area (Å²) in [5, 5.41) is 10.6. The zero-order chi connectivity index (χ0) is 28.8. The highest BCUT2D eigenvalue weighted by Crippen LogP contribution is 2.44. The minimum Gasteiger partial charge on any atom is -0.475 e. The fourth-order valence-corrected chi connectivity index (χ4v) is 6.60. The lowest BCUT2D eigenvalue weighted by Gasteiger charge is -2.33. The first kappa shape index (κ1) is 27.3. The van der Waals surface area contributed by atoms with Crippen molar-refractivity contribution < 1.29 is 14.3 Å². The molecule has 0 spiro atoms. The lowest BCUT2D eigenvalue weighted by Crippen LogP contribution is -2.34. The molecule has 3 aromatic carbocycles. The van der Waals surface area contributed by atoms with E-state index in [1.165, 1.54) is 46.9 Å². The molecule has 2 aromatic heterocycles.